The maximum absolute atomic E-state index is 12.6. The number of hydrogen-bond donors (Lipinski definition) is 1. The fourth-order valence-electron chi connectivity index (χ4n) is 11.6. The van der Waals surface area contributed by atoms with Gasteiger partial charge in [-0.15, -0.1) is 0 Å². The number of carbonyl (C=O) groups is 1. The normalized spacial score (nSPS) is 22.5. The molecular weight excluding hydrogens is 1370 g/mol. The third kappa shape index (κ3) is 14.7. The van der Waals surface area contributed by atoms with Crippen LogP contribution in [-0.4, -0.2) is 67.1 Å². The summed E-state index contributed by atoms with van der Waals surface area (Å²) >= 11 is 14.2. The number of benzene rings is 4. The van der Waals surface area contributed by atoms with Crippen LogP contribution in [0.1, 0.15) is 179 Å². The Kier molecular flexibility index (Phi) is 21.4. The van der Waals surface area contributed by atoms with E-state index in [1.54, 1.807) is 0 Å². The number of aryl methyl sites for hydroxylation is 4. The number of oxime groups is 4. The van der Waals surface area contributed by atoms with Gasteiger partial charge in [-0.1, -0.05) is 174 Å². The Morgan fingerprint density at radius 1 is 0.481 bits per heavy atom. The molecule has 4 saturated carbocycles. The molecule has 424 valence electrons. The molecule has 0 radical (unpaired) electrons. The molecule has 12 rings (SSSR count). The van der Waals surface area contributed by atoms with Crippen LogP contribution in [0.15, 0.2) is 111 Å². The summed E-state index contributed by atoms with van der Waals surface area (Å²) in [5.74, 6) is 0.0583. The van der Waals surface area contributed by atoms with Crippen molar-refractivity contribution in [1.82, 2.24) is 0 Å². The monoisotopic (exact) mass is 1440 g/mol. The van der Waals surface area contributed by atoms with Crippen molar-refractivity contribution in [3.63, 3.8) is 0 Å². The van der Waals surface area contributed by atoms with Gasteiger partial charge in [0, 0.05) is 46.6 Å². The van der Waals surface area contributed by atoms with E-state index in [0.717, 1.165) is 135 Å². The van der Waals surface area contributed by atoms with Crippen LogP contribution in [0, 0.1) is 27.7 Å². The van der Waals surface area contributed by atoms with Crippen LogP contribution in [0.2, 0.25) is 0 Å². The van der Waals surface area contributed by atoms with Gasteiger partial charge in [-0.3, -0.25) is 4.79 Å². The maximum atomic E-state index is 12.6. The quantitative estimate of drug-likeness (QED) is 0.195. The molecule has 1 N–H and O–H groups in total. The number of ketones is 1. The van der Waals surface area contributed by atoms with Gasteiger partial charge in [-0.2, -0.15) is 0 Å². The van der Waals surface area contributed by atoms with Gasteiger partial charge in [0.15, 0.2) is 16.9 Å². The Morgan fingerprint density at radius 2 is 0.873 bits per heavy atom. The van der Waals surface area contributed by atoms with E-state index in [1.165, 1.54) is 73.6 Å². The van der Waals surface area contributed by atoms with Gasteiger partial charge in [-0.25, -0.2) is 0 Å². The van der Waals surface area contributed by atoms with Gasteiger partial charge in [0.25, 0.3) is 0 Å². The first-order chi connectivity index (χ1) is 37.8. The number of halogens is 5. The zero-order valence-corrected chi connectivity index (χ0v) is 54.4. The third-order valence-electron chi connectivity index (χ3n) is 16.6. The summed E-state index contributed by atoms with van der Waals surface area (Å²) in [6.07, 6.45) is 22.7. The van der Waals surface area contributed by atoms with Crippen LogP contribution in [-0.2, 0) is 49.5 Å². The van der Waals surface area contributed by atoms with E-state index < -0.39 is 31.3 Å². The van der Waals surface area contributed by atoms with Crippen molar-refractivity contribution >= 4 is 108 Å². The Morgan fingerprint density at radius 3 is 1.38 bits per heavy atom. The first-order valence-electron chi connectivity index (χ1n) is 27.5. The number of Topliss-reactive ketones (excluding diaryl/α,β-unsaturated/α-hetero) is 1. The molecule has 4 spiro atoms. The zero-order chi connectivity index (χ0) is 56.5. The molecule has 2 unspecified atom stereocenters. The van der Waals surface area contributed by atoms with Crippen molar-refractivity contribution in [2.75, 3.05) is 0 Å². The van der Waals surface area contributed by atoms with Crippen molar-refractivity contribution in [2.24, 2.45) is 20.6 Å². The summed E-state index contributed by atoms with van der Waals surface area (Å²) in [6.45, 7) is 8.25. The van der Waals surface area contributed by atoms with Crippen LogP contribution in [0.25, 0.3) is 0 Å². The molecule has 4 aromatic carbocycles. The number of carbonyl (C=O) groups excluding carboxylic acids is 1. The van der Waals surface area contributed by atoms with E-state index in [2.05, 4.69) is 151 Å². The molecule has 4 aliphatic heterocycles. The number of nitrogens with zero attached hydrogens (tertiary/aromatic N) is 4. The summed E-state index contributed by atoms with van der Waals surface area (Å²) in [5, 5.41) is 27.6. The molecule has 79 heavy (non-hydrogen) atoms. The molecule has 13 nitrogen and oxygen atoms in total. The number of hydrogen-bond acceptors (Lipinski definition) is 13. The molecular formula is C60H69Br5CrN4O9. The third-order valence-corrected chi connectivity index (χ3v) is 21.3. The second-order valence-electron chi connectivity index (χ2n) is 22.2. The molecule has 0 amide bonds. The summed E-state index contributed by atoms with van der Waals surface area (Å²) in [6, 6.07) is 24.7. The standard InChI is InChI=1S/C15H17Br2NO.C15H18BrNO2.C15H16BrNO2.C15H18BrNO.Cr.3O/c1-10-5-6-11(9-12(10)16)13-14(17)15(19-18-13)7-3-2-4-8-15;2*1-10-5-6-11(9-12(10)16)13-14(18)15(19-17-13)7-3-2-4-8-15;1-11-5-6-12(9-13(11)16)14-10-15(18-17-14)7-3-2-4-8-15;;;;/h5-6,9,14H,2-4,7-8H2,1H3;5-6,9,14,18H,2-4,7-8H2,1H3;5-6,9H,2-4,7-8H2,1H3;5-6,9H,2-4,7-8,10H2,1H3;;;;. The Bertz CT molecular complexity index is 3010. The molecule has 2 atom stereocenters. The predicted octanol–water partition coefficient (Wildman–Crippen LogP) is 16.5. The summed E-state index contributed by atoms with van der Waals surface area (Å²) in [5.41, 5.74) is 11.0. The molecule has 0 aromatic heterocycles. The molecule has 8 aliphatic rings. The van der Waals surface area contributed by atoms with Gasteiger partial charge < -0.3 is 24.5 Å². The van der Waals surface area contributed by atoms with E-state index in [0.29, 0.717) is 11.4 Å². The Labute approximate surface area is 510 Å². The zero-order valence-electron chi connectivity index (χ0n) is 45.2. The molecule has 19 heteroatoms. The van der Waals surface area contributed by atoms with Crippen LogP contribution in [0.3, 0.4) is 0 Å². The topological polar surface area (TPSA) is 175 Å². The van der Waals surface area contributed by atoms with Crippen molar-refractivity contribution in [2.45, 2.75) is 196 Å². The van der Waals surface area contributed by atoms with Crippen molar-refractivity contribution in [3.05, 3.63) is 135 Å². The summed E-state index contributed by atoms with van der Waals surface area (Å²) < 4.78 is 29.9. The van der Waals surface area contributed by atoms with Gasteiger partial charge in [0.2, 0.25) is 11.4 Å². The number of aliphatic hydroxyl groups excluding tert-OH is 1. The number of aliphatic hydroxyl groups is 1. The first kappa shape index (κ1) is 61.8. The van der Waals surface area contributed by atoms with Crippen LogP contribution >= 0.6 is 79.6 Å². The number of alkyl halides is 1. The van der Waals surface area contributed by atoms with Crippen LogP contribution < -0.4 is 0 Å². The fraction of sp³-hybridized carbons (Fsp3) is 0.517. The summed E-state index contributed by atoms with van der Waals surface area (Å²) in [4.78, 5) is 35.7. The fourth-order valence-corrected chi connectivity index (χ4v) is 14.0. The SMILES string of the molecule is Cc1ccc(C2=NOC3(CCCCC3)C2)cc1Br.Cc1ccc(C2=NOC3(CCCCC3)C2=O)cc1Br.Cc1ccc(C2=NOC3(CCCCC3)C2Br)cc1Br.Cc1ccc(C2=NOC3(CCCCC3)C2O)cc1Br.[O]=[Cr](=[O])=[O]. The van der Waals surface area contributed by atoms with E-state index in [1.807, 2.05) is 50.2 Å². The van der Waals surface area contributed by atoms with Gasteiger partial charge >= 0.3 is 25.4 Å². The molecule has 0 bridgehead atoms. The molecule has 0 saturated heterocycles. The second-order valence-corrected chi connectivity index (χ2v) is 27.1. The second kappa shape index (κ2) is 27.4. The van der Waals surface area contributed by atoms with Gasteiger partial charge in [0.05, 0.1) is 5.71 Å². The average molecular weight is 1440 g/mol. The molecule has 4 fully saturated rings. The van der Waals surface area contributed by atoms with E-state index in [9.17, 15) is 9.90 Å². The van der Waals surface area contributed by atoms with Crippen molar-refractivity contribution in [1.29, 1.82) is 0 Å². The van der Waals surface area contributed by atoms with E-state index in [4.69, 9.17) is 30.8 Å². The Balaban J connectivity index is 0.000000135. The van der Waals surface area contributed by atoms with E-state index >= 15 is 0 Å². The van der Waals surface area contributed by atoms with Crippen LogP contribution in [0.5, 0.6) is 0 Å². The molecule has 4 aliphatic carbocycles. The minimum atomic E-state index is -3.79. The summed E-state index contributed by atoms with van der Waals surface area (Å²) in [7, 11) is 0. The average Bonchev–Trinajstić information content (AvgIpc) is 4.25. The van der Waals surface area contributed by atoms with Crippen molar-refractivity contribution < 1.29 is 54.6 Å². The number of rotatable bonds is 4. The predicted molar refractivity (Wildman–Crippen MR) is 320 cm³/mol. The van der Waals surface area contributed by atoms with Gasteiger partial charge in [0.1, 0.15) is 28.0 Å². The Hall–Kier alpha value is -3.28. The van der Waals surface area contributed by atoms with Crippen LogP contribution in [0.4, 0.5) is 0 Å². The molecule has 4 aromatic rings. The van der Waals surface area contributed by atoms with Crippen molar-refractivity contribution in [3.8, 4) is 0 Å². The molecule has 4 heterocycles. The van der Waals surface area contributed by atoms with Gasteiger partial charge in [-0.05, 0) is 177 Å². The first-order valence-corrected chi connectivity index (χ1v) is 33.2. The van der Waals surface area contributed by atoms with E-state index in [-0.39, 0.29) is 21.8 Å². The minimum absolute atomic E-state index is 0.0188.